The van der Waals surface area contributed by atoms with Crippen LogP contribution in [0.3, 0.4) is 0 Å². The third kappa shape index (κ3) is 1.61. The summed E-state index contributed by atoms with van der Waals surface area (Å²) in [6.45, 7) is 1.55. The van der Waals surface area contributed by atoms with Gasteiger partial charge in [0.1, 0.15) is 11.5 Å². The highest BCUT2D eigenvalue weighted by Crippen LogP contribution is 2.23. The van der Waals surface area contributed by atoms with E-state index in [0.717, 1.165) is 0 Å². The van der Waals surface area contributed by atoms with Crippen molar-refractivity contribution in [2.45, 2.75) is 6.92 Å². The average molecular weight is 202 g/mol. The van der Waals surface area contributed by atoms with E-state index in [1.54, 1.807) is 31.2 Å². The van der Waals surface area contributed by atoms with Gasteiger partial charge in [0.05, 0.1) is 11.5 Å². The molecule has 0 saturated carbocycles. The van der Waals surface area contributed by atoms with Crippen molar-refractivity contribution in [2.24, 2.45) is 0 Å². The Morgan fingerprint density at radius 2 is 2.00 bits per heavy atom. The van der Waals surface area contributed by atoms with Crippen LogP contribution in [0.2, 0.25) is 0 Å². The van der Waals surface area contributed by atoms with Gasteiger partial charge in [-0.25, -0.2) is 0 Å². The van der Waals surface area contributed by atoms with Crippen molar-refractivity contribution >= 4 is 5.97 Å². The Bertz CT molecular complexity index is 488. The molecule has 76 valence electrons. The van der Waals surface area contributed by atoms with Gasteiger partial charge in [-0.15, -0.1) is 0 Å². The van der Waals surface area contributed by atoms with E-state index in [1.807, 2.05) is 6.07 Å². The largest absolute Gasteiger partial charge is 0.545 e. The van der Waals surface area contributed by atoms with Crippen molar-refractivity contribution < 1.29 is 14.4 Å². The van der Waals surface area contributed by atoms with Crippen LogP contribution in [0.15, 0.2) is 34.9 Å². The zero-order valence-corrected chi connectivity index (χ0v) is 8.06. The maximum Gasteiger partial charge on any atom is 0.143 e. The van der Waals surface area contributed by atoms with E-state index in [1.165, 1.54) is 0 Å². The molecule has 4 nitrogen and oxygen atoms in total. The molecular weight excluding hydrogens is 194 g/mol. The molecule has 0 radical (unpaired) electrons. The van der Waals surface area contributed by atoms with Crippen molar-refractivity contribution in [1.82, 2.24) is 5.16 Å². The molecule has 15 heavy (non-hydrogen) atoms. The molecule has 0 bridgehead atoms. The Labute approximate surface area is 86.1 Å². The predicted octanol–water partition coefficient (Wildman–Crippen LogP) is 1.01. The normalized spacial score (nSPS) is 10.2. The van der Waals surface area contributed by atoms with E-state index in [2.05, 4.69) is 5.16 Å². The molecule has 0 saturated heterocycles. The lowest BCUT2D eigenvalue weighted by Gasteiger charge is -2.02. The summed E-state index contributed by atoms with van der Waals surface area (Å²) < 4.78 is 4.84. The monoisotopic (exact) mass is 202 g/mol. The number of hydrogen-bond acceptors (Lipinski definition) is 4. The summed E-state index contributed by atoms with van der Waals surface area (Å²) in [6, 6.07) is 8.99. The summed E-state index contributed by atoms with van der Waals surface area (Å²) in [7, 11) is 0. The number of aryl methyl sites for hydroxylation is 1. The Balaban J connectivity index is 2.59. The maximum absolute atomic E-state index is 10.9. The summed E-state index contributed by atoms with van der Waals surface area (Å²) in [5.74, 6) is -1.01. The van der Waals surface area contributed by atoms with Crippen LogP contribution in [0.4, 0.5) is 0 Å². The van der Waals surface area contributed by atoms with Crippen LogP contribution < -0.4 is 5.11 Å². The number of carbonyl (C=O) groups is 1. The number of aromatic carboxylic acids is 1. The molecule has 0 spiro atoms. The first kappa shape index (κ1) is 9.45. The predicted molar refractivity (Wildman–Crippen MR) is 51.0 cm³/mol. The second-order valence-electron chi connectivity index (χ2n) is 3.12. The summed E-state index contributed by atoms with van der Waals surface area (Å²) in [4.78, 5) is 10.9. The van der Waals surface area contributed by atoms with Crippen LogP contribution in [0.25, 0.3) is 11.3 Å². The number of rotatable bonds is 2. The maximum atomic E-state index is 10.9. The fraction of sp³-hybridized carbons (Fsp3) is 0.0909. The first-order chi connectivity index (χ1) is 7.20. The van der Waals surface area contributed by atoms with Gasteiger partial charge in [0.15, 0.2) is 0 Å². The summed E-state index contributed by atoms with van der Waals surface area (Å²) in [6.07, 6.45) is 0. The standard InChI is InChI=1S/C11H9NO3/c1-7-9(11(13)14)10(12-15-7)8-5-3-2-4-6-8/h2-6H,1H3,(H,13,14)/p-1. The van der Waals surface area contributed by atoms with Crippen LogP contribution in [-0.4, -0.2) is 11.1 Å². The number of carbonyl (C=O) groups excluding carboxylic acids is 1. The second-order valence-corrected chi connectivity index (χ2v) is 3.12. The van der Waals surface area contributed by atoms with Gasteiger partial charge in [-0.2, -0.15) is 0 Å². The van der Waals surface area contributed by atoms with Crippen molar-refractivity contribution in [3.05, 3.63) is 41.7 Å². The summed E-state index contributed by atoms with van der Waals surface area (Å²) in [5, 5.41) is 14.6. The smallest absolute Gasteiger partial charge is 0.143 e. The first-order valence-corrected chi connectivity index (χ1v) is 4.43. The summed E-state index contributed by atoms with van der Waals surface area (Å²) in [5.41, 5.74) is 1.03. The quantitative estimate of drug-likeness (QED) is 0.729. The van der Waals surface area contributed by atoms with E-state index in [9.17, 15) is 9.90 Å². The molecular formula is C11H8NO3-. The molecule has 4 heteroatoms. The lowest BCUT2D eigenvalue weighted by Crippen LogP contribution is -2.23. The number of nitrogens with zero attached hydrogens (tertiary/aromatic N) is 1. The number of carboxylic acid groups (broad SMARTS) is 1. The molecule has 0 fully saturated rings. The van der Waals surface area contributed by atoms with Gasteiger partial charge in [-0.1, -0.05) is 35.5 Å². The Hall–Kier alpha value is -2.10. The number of aromatic nitrogens is 1. The van der Waals surface area contributed by atoms with E-state index >= 15 is 0 Å². The highest BCUT2D eigenvalue weighted by molar-refractivity contribution is 5.94. The Kier molecular flexibility index (Phi) is 2.25. The first-order valence-electron chi connectivity index (χ1n) is 4.43. The van der Waals surface area contributed by atoms with Crippen molar-refractivity contribution in [2.75, 3.05) is 0 Å². The highest BCUT2D eigenvalue weighted by atomic mass is 16.5. The highest BCUT2D eigenvalue weighted by Gasteiger charge is 2.14. The minimum atomic E-state index is -1.27. The Morgan fingerprint density at radius 1 is 1.33 bits per heavy atom. The topological polar surface area (TPSA) is 66.2 Å². The molecule has 0 aliphatic rings. The molecule has 2 rings (SSSR count). The molecule has 0 aliphatic carbocycles. The van der Waals surface area contributed by atoms with Crippen LogP contribution in [0.5, 0.6) is 0 Å². The van der Waals surface area contributed by atoms with Gasteiger partial charge in [0.2, 0.25) is 0 Å². The van der Waals surface area contributed by atoms with Gasteiger partial charge in [-0.05, 0) is 6.92 Å². The molecule has 0 aliphatic heterocycles. The van der Waals surface area contributed by atoms with Crippen molar-refractivity contribution in [3.8, 4) is 11.3 Å². The molecule has 2 aromatic rings. The van der Waals surface area contributed by atoms with Crippen molar-refractivity contribution in [1.29, 1.82) is 0 Å². The second kappa shape index (κ2) is 3.57. The molecule has 1 heterocycles. The van der Waals surface area contributed by atoms with E-state index < -0.39 is 5.97 Å². The fourth-order valence-corrected chi connectivity index (χ4v) is 1.41. The average Bonchev–Trinajstić information content (AvgIpc) is 2.61. The van der Waals surface area contributed by atoms with Crippen LogP contribution in [0.1, 0.15) is 16.1 Å². The molecule has 1 aromatic heterocycles. The molecule has 0 amide bonds. The summed E-state index contributed by atoms with van der Waals surface area (Å²) >= 11 is 0. The van der Waals surface area contributed by atoms with Crippen molar-refractivity contribution in [3.63, 3.8) is 0 Å². The van der Waals surface area contributed by atoms with Gasteiger partial charge in [0.25, 0.3) is 0 Å². The van der Waals surface area contributed by atoms with Gasteiger partial charge >= 0.3 is 0 Å². The third-order valence-corrected chi connectivity index (χ3v) is 2.11. The fourth-order valence-electron chi connectivity index (χ4n) is 1.41. The van der Waals surface area contributed by atoms with Gasteiger partial charge in [0, 0.05) is 5.56 Å². The molecule has 0 N–H and O–H groups in total. The third-order valence-electron chi connectivity index (χ3n) is 2.11. The number of carboxylic acids is 1. The van der Waals surface area contributed by atoms with Crippen LogP contribution in [0, 0.1) is 6.92 Å². The number of hydrogen-bond donors (Lipinski definition) is 0. The van der Waals surface area contributed by atoms with E-state index in [4.69, 9.17) is 4.52 Å². The minimum absolute atomic E-state index is 0.0150. The Morgan fingerprint density at radius 3 is 2.60 bits per heavy atom. The SMILES string of the molecule is Cc1onc(-c2ccccc2)c1C(=O)[O-]. The van der Waals surface area contributed by atoms with Gasteiger partial charge in [-0.3, -0.25) is 0 Å². The lowest BCUT2D eigenvalue weighted by molar-refractivity contribution is -0.255. The van der Waals surface area contributed by atoms with Gasteiger partial charge < -0.3 is 14.4 Å². The van der Waals surface area contributed by atoms with Crippen LogP contribution >= 0.6 is 0 Å². The molecule has 1 aromatic carbocycles. The van der Waals surface area contributed by atoms with E-state index in [-0.39, 0.29) is 11.3 Å². The minimum Gasteiger partial charge on any atom is -0.545 e. The molecule has 0 unspecified atom stereocenters. The number of benzene rings is 1. The van der Waals surface area contributed by atoms with Crippen LogP contribution in [-0.2, 0) is 0 Å². The zero-order valence-electron chi connectivity index (χ0n) is 8.06. The lowest BCUT2D eigenvalue weighted by atomic mass is 10.1. The molecule has 0 atom stereocenters. The zero-order chi connectivity index (χ0) is 10.8. The van der Waals surface area contributed by atoms with E-state index in [0.29, 0.717) is 11.3 Å².